The Morgan fingerprint density at radius 3 is 2.39 bits per heavy atom. The largest absolute Gasteiger partial charge is 0.379 e. The van der Waals surface area contributed by atoms with Crippen LogP contribution in [0.15, 0.2) is 12.2 Å². The lowest BCUT2D eigenvalue weighted by atomic mass is 9.59. The van der Waals surface area contributed by atoms with E-state index < -0.39 is 0 Å². The number of fused-ring (bicyclic) bond motifs is 4. The van der Waals surface area contributed by atoms with E-state index in [9.17, 15) is 0 Å². The lowest BCUT2D eigenvalue weighted by Gasteiger charge is -2.56. The number of hydrogen-bond donors (Lipinski definition) is 0. The molecule has 0 N–H and O–H groups in total. The summed E-state index contributed by atoms with van der Waals surface area (Å²) in [7, 11) is 0. The zero-order chi connectivity index (χ0) is 20.8. The van der Waals surface area contributed by atoms with E-state index >= 15 is 0 Å². The Morgan fingerprint density at radius 1 is 0.806 bits per heavy atom. The Hall–Kier alpha value is -0.380. The molecule has 4 aliphatic carbocycles. The molecule has 6 rings (SSSR count). The summed E-state index contributed by atoms with van der Waals surface area (Å²) in [4.78, 5) is 2.79. The van der Waals surface area contributed by atoms with Crippen LogP contribution in [0.4, 0.5) is 0 Å². The highest BCUT2D eigenvalue weighted by Crippen LogP contribution is 2.53. The molecule has 0 amide bonds. The predicted octanol–water partition coefficient (Wildman–Crippen LogP) is 5.83. The molecule has 9 unspecified atom stereocenters. The Balaban J connectivity index is 1.21. The van der Waals surface area contributed by atoms with Gasteiger partial charge in [0.25, 0.3) is 0 Å². The average Bonchev–Trinajstić information content (AvgIpc) is 2.83. The smallest absolute Gasteiger partial charge is 0.0866 e. The van der Waals surface area contributed by atoms with Gasteiger partial charge in [-0.2, -0.15) is 0 Å². The molecule has 2 aliphatic heterocycles. The summed E-state index contributed by atoms with van der Waals surface area (Å²) in [6.07, 6.45) is 22.8. The SMILES string of the molecule is CC1(C2CCC3CCCCC3C2)C=CC2C(CC(N3CCOCC3)C3CCCCC23)O1. The van der Waals surface area contributed by atoms with Gasteiger partial charge >= 0.3 is 0 Å². The van der Waals surface area contributed by atoms with Crippen molar-refractivity contribution in [2.45, 2.75) is 102 Å². The second-order valence-electron chi connectivity index (χ2n) is 12.2. The normalized spacial score (nSPS) is 50.9. The van der Waals surface area contributed by atoms with Crippen molar-refractivity contribution in [3.8, 4) is 0 Å². The molecule has 1 saturated heterocycles. The Morgan fingerprint density at radius 2 is 1.55 bits per heavy atom. The Kier molecular flexibility index (Phi) is 5.98. The quantitative estimate of drug-likeness (QED) is 0.517. The van der Waals surface area contributed by atoms with Crippen molar-refractivity contribution in [1.82, 2.24) is 4.90 Å². The minimum Gasteiger partial charge on any atom is -0.379 e. The Labute approximate surface area is 190 Å². The Bertz CT molecular complexity index is 657. The molecule has 2 heterocycles. The maximum absolute atomic E-state index is 7.22. The highest BCUT2D eigenvalue weighted by Gasteiger charge is 2.52. The van der Waals surface area contributed by atoms with Gasteiger partial charge in [-0.25, -0.2) is 0 Å². The van der Waals surface area contributed by atoms with Gasteiger partial charge in [0, 0.05) is 25.0 Å². The van der Waals surface area contributed by atoms with E-state index in [0.29, 0.717) is 12.0 Å². The molecular weight excluding hydrogens is 382 g/mol. The standard InChI is InChI=1S/C28H45NO2/c1-28(22-11-10-20-6-2-3-7-21(20)18-22)13-12-25-23-8-4-5-9-24(23)26(19-27(25)31-28)29-14-16-30-17-15-29/h12-13,20-27H,2-11,14-19H2,1H3. The monoisotopic (exact) mass is 427 g/mol. The maximum atomic E-state index is 7.22. The molecule has 174 valence electrons. The molecule has 4 saturated carbocycles. The molecule has 9 atom stereocenters. The predicted molar refractivity (Wildman–Crippen MR) is 125 cm³/mol. The zero-order valence-corrected chi connectivity index (χ0v) is 19.9. The fourth-order valence-electron chi connectivity index (χ4n) is 9.01. The van der Waals surface area contributed by atoms with Crippen molar-refractivity contribution in [2.75, 3.05) is 26.3 Å². The van der Waals surface area contributed by atoms with Gasteiger partial charge in [0.2, 0.25) is 0 Å². The van der Waals surface area contributed by atoms with Gasteiger partial charge in [-0.1, -0.05) is 50.7 Å². The lowest BCUT2D eigenvalue weighted by Crippen LogP contribution is -2.59. The first-order valence-electron chi connectivity index (χ1n) is 13.9. The second kappa shape index (κ2) is 8.76. The van der Waals surface area contributed by atoms with E-state index in [1.165, 1.54) is 77.0 Å². The van der Waals surface area contributed by atoms with Crippen LogP contribution in [0, 0.1) is 35.5 Å². The van der Waals surface area contributed by atoms with Crippen molar-refractivity contribution in [3.63, 3.8) is 0 Å². The first kappa shape index (κ1) is 21.2. The van der Waals surface area contributed by atoms with Crippen LogP contribution in [0.2, 0.25) is 0 Å². The minimum atomic E-state index is -0.0271. The zero-order valence-electron chi connectivity index (χ0n) is 19.9. The van der Waals surface area contributed by atoms with Gasteiger partial charge in [-0.3, -0.25) is 4.90 Å². The van der Waals surface area contributed by atoms with Crippen LogP contribution in [0.25, 0.3) is 0 Å². The molecule has 5 fully saturated rings. The van der Waals surface area contributed by atoms with Gasteiger partial charge < -0.3 is 9.47 Å². The van der Waals surface area contributed by atoms with E-state index in [1.807, 2.05) is 0 Å². The third-order valence-electron chi connectivity index (χ3n) is 10.7. The third kappa shape index (κ3) is 3.95. The lowest BCUT2D eigenvalue weighted by molar-refractivity contribution is -0.170. The summed E-state index contributed by atoms with van der Waals surface area (Å²) >= 11 is 0. The molecule has 0 radical (unpaired) electrons. The minimum absolute atomic E-state index is 0.0271. The highest BCUT2D eigenvalue weighted by molar-refractivity contribution is 5.16. The van der Waals surface area contributed by atoms with Crippen molar-refractivity contribution < 1.29 is 9.47 Å². The van der Waals surface area contributed by atoms with E-state index in [-0.39, 0.29) is 5.60 Å². The molecule has 0 bridgehead atoms. The van der Waals surface area contributed by atoms with Crippen molar-refractivity contribution in [1.29, 1.82) is 0 Å². The highest BCUT2D eigenvalue weighted by atomic mass is 16.5. The van der Waals surface area contributed by atoms with Crippen LogP contribution in [-0.2, 0) is 9.47 Å². The topological polar surface area (TPSA) is 21.7 Å². The molecule has 0 aromatic rings. The first-order chi connectivity index (χ1) is 15.2. The van der Waals surface area contributed by atoms with Crippen LogP contribution >= 0.6 is 0 Å². The summed E-state index contributed by atoms with van der Waals surface area (Å²) < 4.78 is 12.9. The van der Waals surface area contributed by atoms with Gasteiger partial charge in [0.1, 0.15) is 0 Å². The fourth-order valence-corrected chi connectivity index (χ4v) is 9.01. The van der Waals surface area contributed by atoms with E-state index in [1.54, 1.807) is 0 Å². The molecule has 3 heteroatoms. The first-order valence-corrected chi connectivity index (χ1v) is 13.9. The van der Waals surface area contributed by atoms with Crippen LogP contribution in [0.1, 0.15) is 84.0 Å². The molecule has 0 spiro atoms. The second-order valence-corrected chi connectivity index (χ2v) is 12.2. The molecule has 0 aromatic heterocycles. The van der Waals surface area contributed by atoms with Gasteiger partial charge in [0.05, 0.1) is 24.9 Å². The van der Waals surface area contributed by atoms with Crippen LogP contribution in [0.3, 0.4) is 0 Å². The summed E-state index contributed by atoms with van der Waals surface area (Å²) in [5.41, 5.74) is -0.0271. The van der Waals surface area contributed by atoms with Crippen LogP contribution in [0.5, 0.6) is 0 Å². The van der Waals surface area contributed by atoms with Crippen molar-refractivity contribution in [3.05, 3.63) is 12.2 Å². The van der Waals surface area contributed by atoms with Gasteiger partial charge in [-0.15, -0.1) is 0 Å². The maximum Gasteiger partial charge on any atom is 0.0866 e. The number of rotatable bonds is 2. The van der Waals surface area contributed by atoms with E-state index in [4.69, 9.17) is 9.47 Å². The number of ether oxygens (including phenoxy) is 2. The van der Waals surface area contributed by atoms with Crippen molar-refractivity contribution in [2.24, 2.45) is 35.5 Å². The van der Waals surface area contributed by atoms with Crippen LogP contribution in [-0.4, -0.2) is 49.0 Å². The molecule has 31 heavy (non-hydrogen) atoms. The van der Waals surface area contributed by atoms with Crippen LogP contribution < -0.4 is 0 Å². The molecular formula is C28H45NO2. The number of morpholine rings is 1. The third-order valence-corrected chi connectivity index (χ3v) is 10.7. The number of nitrogens with zero attached hydrogens (tertiary/aromatic N) is 1. The fraction of sp³-hybridized carbons (Fsp3) is 0.929. The molecule has 3 nitrogen and oxygen atoms in total. The van der Waals surface area contributed by atoms with E-state index in [2.05, 4.69) is 24.0 Å². The summed E-state index contributed by atoms with van der Waals surface area (Å²) in [6.45, 7) is 6.55. The molecule has 6 aliphatic rings. The van der Waals surface area contributed by atoms with Gasteiger partial charge in [0.15, 0.2) is 0 Å². The summed E-state index contributed by atoms with van der Waals surface area (Å²) in [5, 5.41) is 0. The van der Waals surface area contributed by atoms with E-state index in [0.717, 1.165) is 61.9 Å². The van der Waals surface area contributed by atoms with Crippen molar-refractivity contribution >= 4 is 0 Å². The summed E-state index contributed by atoms with van der Waals surface area (Å²) in [6, 6.07) is 0.722. The average molecular weight is 428 g/mol. The van der Waals surface area contributed by atoms with Gasteiger partial charge in [-0.05, 0) is 75.0 Å². The molecule has 0 aromatic carbocycles. The number of hydrogen-bond acceptors (Lipinski definition) is 3. The summed E-state index contributed by atoms with van der Waals surface area (Å²) in [5.74, 6) is 5.13.